The fourth-order valence-corrected chi connectivity index (χ4v) is 1.67. The first-order valence-electron chi connectivity index (χ1n) is 5.90. The van der Waals surface area contributed by atoms with E-state index >= 15 is 0 Å². The zero-order valence-electron chi connectivity index (χ0n) is 11.0. The molecule has 1 heterocycles. The van der Waals surface area contributed by atoms with E-state index < -0.39 is 0 Å². The van der Waals surface area contributed by atoms with Gasteiger partial charge in [0.15, 0.2) is 5.82 Å². The lowest BCUT2D eigenvalue weighted by atomic mass is 10.1. The minimum atomic E-state index is -0.00278. The van der Waals surface area contributed by atoms with Gasteiger partial charge in [-0.2, -0.15) is 0 Å². The van der Waals surface area contributed by atoms with Gasteiger partial charge in [0.05, 0.1) is 12.2 Å². The molecule has 1 aromatic heterocycles. The maximum Gasteiger partial charge on any atom is 0.159 e. The summed E-state index contributed by atoms with van der Waals surface area (Å²) in [5.41, 5.74) is 2.35. The van der Waals surface area contributed by atoms with Crippen molar-refractivity contribution in [2.45, 2.75) is 6.61 Å². The lowest BCUT2D eigenvalue weighted by molar-refractivity contribution is 0.282. The van der Waals surface area contributed by atoms with Crippen LogP contribution in [0.1, 0.15) is 11.1 Å². The van der Waals surface area contributed by atoms with E-state index in [0.29, 0.717) is 17.2 Å². The summed E-state index contributed by atoms with van der Waals surface area (Å²) in [6, 6.07) is 7.46. The first-order chi connectivity index (χ1) is 9.11. The Kier molecular flexibility index (Phi) is 3.87. The van der Waals surface area contributed by atoms with Gasteiger partial charge in [-0.05, 0) is 11.6 Å². The fourth-order valence-electron chi connectivity index (χ4n) is 1.67. The summed E-state index contributed by atoms with van der Waals surface area (Å²) in [6.45, 7) is -0.00278. The van der Waals surface area contributed by atoms with Gasteiger partial charge in [-0.3, -0.25) is 5.41 Å². The monoisotopic (exact) mass is 256 g/mol. The summed E-state index contributed by atoms with van der Waals surface area (Å²) >= 11 is 0. The van der Waals surface area contributed by atoms with Gasteiger partial charge in [0.1, 0.15) is 5.84 Å². The van der Waals surface area contributed by atoms with Gasteiger partial charge in [0, 0.05) is 32.1 Å². The van der Waals surface area contributed by atoms with E-state index in [1.165, 1.54) is 0 Å². The largest absolute Gasteiger partial charge is 0.392 e. The summed E-state index contributed by atoms with van der Waals surface area (Å²) in [4.78, 5) is 10.2. The number of nitrogens with one attached hydrogen (secondary N) is 1. The highest BCUT2D eigenvalue weighted by atomic mass is 16.3. The molecule has 0 aliphatic rings. The van der Waals surface area contributed by atoms with E-state index in [2.05, 4.69) is 9.97 Å². The molecule has 5 nitrogen and oxygen atoms in total. The maximum absolute atomic E-state index is 9.11. The van der Waals surface area contributed by atoms with Crippen molar-refractivity contribution in [3.8, 4) is 11.4 Å². The third-order valence-corrected chi connectivity index (χ3v) is 2.74. The second kappa shape index (κ2) is 5.58. The Bertz CT molecular complexity index is 578. The van der Waals surface area contributed by atoms with Crippen molar-refractivity contribution in [3.63, 3.8) is 0 Å². The first kappa shape index (κ1) is 13.2. The van der Waals surface area contributed by atoms with Crippen LogP contribution in [-0.4, -0.2) is 39.9 Å². The Morgan fingerprint density at radius 2 is 1.95 bits per heavy atom. The molecule has 98 valence electrons. The number of amidine groups is 1. The van der Waals surface area contributed by atoms with Crippen LogP contribution in [-0.2, 0) is 6.61 Å². The molecule has 1 aromatic carbocycles. The van der Waals surface area contributed by atoms with E-state index in [0.717, 1.165) is 11.1 Å². The molecule has 0 saturated heterocycles. The van der Waals surface area contributed by atoms with Crippen LogP contribution in [0, 0.1) is 5.41 Å². The molecule has 0 spiro atoms. The molecule has 0 unspecified atom stereocenters. The van der Waals surface area contributed by atoms with Crippen molar-refractivity contribution in [2.24, 2.45) is 0 Å². The quantitative estimate of drug-likeness (QED) is 0.645. The van der Waals surface area contributed by atoms with E-state index in [1.807, 2.05) is 24.3 Å². The van der Waals surface area contributed by atoms with Crippen molar-refractivity contribution in [2.75, 3.05) is 14.1 Å². The third-order valence-electron chi connectivity index (χ3n) is 2.74. The predicted molar refractivity (Wildman–Crippen MR) is 73.9 cm³/mol. The smallest absolute Gasteiger partial charge is 0.159 e. The van der Waals surface area contributed by atoms with Crippen molar-refractivity contribution < 1.29 is 5.11 Å². The molecule has 5 heteroatoms. The lowest BCUT2D eigenvalue weighted by Crippen LogP contribution is -2.22. The molecule has 0 amide bonds. The summed E-state index contributed by atoms with van der Waals surface area (Å²) in [6.07, 6.45) is 3.27. The van der Waals surface area contributed by atoms with Crippen molar-refractivity contribution >= 4 is 5.84 Å². The molecule has 0 saturated carbocycles. The molecular weight excluding hydrogens is 240 g/mol. The van der Waals surface area contributed by atoms with Crippen LogP contribution in [0.25, 0.3) is 11.4 Å². The fraction of sp³-hybridized carbons (Fsp3) is 0.214. The molecule has 2 N–H and O–H groups in total. The lowest BCUT2D eigenvalue weighted by Gasteiger charge is -2.13. The number of aliphatic hydroxyl groups excluding tert-OH is 1. The van der Waals surface area contributed by atoms with Crippen LogP contribution < -0.4 is 0 Å². The van der Waals surface area contributed by atoms with Crippen molar-refractivity contribution in [3.05, 3.63) is 47.8 Å². The number of rotatable bonds is 3. The summed E-state index contributed by atoms with van der Waals surface area (Å²) in [7, 11) is 3.61. The molecule has 0 fully saturated rings. The highest BCUT2D eigenvalue weighted by Gasteiger charge is 2.06. The van der Waals surface area contributed by atoms with Crippen LogP contribution in [0.5, 0.6) is 0 Å². The Morgan fingerprint density at radius 3 is 2.53 bits per heavy atom. The SMILES string of the molecule is CN(C)C(=N)c1cnc(-c2cccc(CO)c2)nc1. The molecule has 0 atom stereocenters. The zero-order chi connectivity index (χ0) is 13.8. The topological polar surface area (TPSA) is 73.1 Å². The molecule has 2 aromatic rings. The van der Waals surface area contributed by atoms with Crippen LogP contribution in [0.4, 0.5) is 0 Å². The molecule has 0 bridgehead atoms. The zero-order valence-corrected chi connectivity index (χ0v) is 11.0. The van der Waals surface area contributed by atoms with E-state index in [9.17, 15) is 0 Å². The molecular formula is C14H16N4O. The summed E-state index contributed by atoms with van der Waals surface area (Å²) in [5.74, 6) is 0.960. The van der Waals surface area contributed by atoms with Gasteiger partial charge >= 0.3 is 0 Å². The number of aromatic nitrogens is 2. The Balaban J connectivity index is 2.29. The Labute approximate surface area is 112 Å². The van der Waals surface area contributed by atoms with Gasteiger partial charge in [0.25, 0.3) is 0 Å². The number of aliphatic hydroxyl groups is 1. The Hall–Kier alpha value is -2.27. The second-order valence-corrected chi connectivity index (χ2v) is 4.40. The number of nitrogens with zero attached hydrogens (tertiary/aromatic N) is 3. The average Bonchev–Trinajstić information content (AvgIpc) is 2.46. The van der Waals surface area contributed by atoms with Gasteiger partial charge < -0.3 is 10.0 Å². The highest BCUT2D eigenvalue weighted by molar-refractivity contribution is 5.95. The molecule has 2 rings (SSSR count). The highest BCUT2D eigenvalue weighted by Crippen LogP contribution is 2.16. The van der Waals surface area contributed by atoms with Gasteiger partial charge in [-0.1, -0.05) is 18.2 Å². The molecule has 0 aliphatic carbocycles. The molecule has 19 heavy (non-hydrogen) atoms. The van der Waals surface area contributed by atoms with Gasteiger partial charge in [-0.15, -0.1) is 0 Å². The Morgan fingerprint density at radius 1 is 1.26 bits per heavy atom. The van der Waals surface area contributed by atoms with E-state index in [4.69, 9.17) is 10.5 Å². The van der Waals surface area contributed by atoms with Gasteiger partial charge in [-0.25, -0.2) is 9.97 Å². The first-order valence-corrected chi connectivity index (χ1v) is 5.90. The second-order valence-electron chi connectivity index (χ2n) is 4.40. The van der Waals surface area contributed by atoms with Crippen LogP contribution in [0.15, 0.2) is 36.7 Å². The third kappa shape index (κ3) is 2.95. The minimum absolute atomic E-state index is 0.00278. The summed E-state index contributed by atoms with van der Waals surface area (Å²) < 4.78 is 0. The minimum Gasteiger partial charge on any atom is -0.392 e. The molecule has 0 aliphatic heterocycles. The number of benzene rings is 1. The maximum atomic E-state index is 9.11. The predicted octanol–water partition coefficient (Wildman–Crippen LogP) is 1.52. The van der Waals surface area contributed by atoms with E-state index in [1.54, 1.807) is 31.4 Å². The van der Waals surface area contributed by atoms with Crippen LogP contribution in [0.2, 0.25) is 0 Å². The number of hydrogen-bond donors (Lipinski definition) is 2. The van der Waals surface area contributed by atoms with E-state index in [-0.39, 0.29) is 6.61 Å². The standard InChI is InChI=1S/C14H16N4O/c1-18(2)13(15)12-7-16-14(17-8-12)11-5-3-4-10(6-11)9-19/h3-8,15,19H,9H2,1-2H3. The van der Waals surface area contributed by atoms with Gasteiger partial charge in [0.2, 0.25) is 0 Å². The summed E-state index contributed by atoms with van der Waals surface area (Å²) in [5, 5.41) is 16.9. The van der Waals surface area contributed by atoms with Crippen molar-refractivity contribution in [1.29, 1.82) is 5.41 Å². The van der Waals surface area contributed by atoms with Crippen LogP contribution in [0.3, 0.4) is 0 Å². The normalized spacial score (nSPS) is 10.3. The van der Waals surface area contributed by atoms with Crippen LogP contribution >= 0.6 is 0 Å². The van der Waals surface area contributed by atoms with Crippen molar-refractivity contribution in [1.82, 2.24) is 14.9 Å². The number of hydrogen-bond acceptors (Lipinski definition) is 4. The average molecular weight is 256 g/mol. The molecule has 0 radical (unpaired) electrons.